The zero-order valence-corrected chi connectivity index (χ0v) is 23.7. The maximum Gasteiger partial charge on any atom is 0.255 e. The molecule has 222 valence electrons. The Labute approximate surface area is 241 Å². The smallest absolute Gasteiger partial charge is 0.255 e. The van der Waals surface area contributed by atoms with Crippen LogP contribution in [0.1, 0.15) is 17.5 Å². The molecule has 0 aliphatic heterocycles. The molecule has 1 amide bonds. The van der Waals surface area contributed by atoms with Gasteiger partial charge in [-0.2, -0.15) is 0 Å². The SMILES string of the molecule is COc1cc(-c2ccc(O)c3c2CC2CC4C(N(C)C)C(=O)C(C(N)=O)=C(O)C4(O)C(=O)C2=C3O)cc(OC)c1OC. The summed E-state index contributed by atoms with van der Waals surface area (Å²) in [6, 6.07) is 5.29. The van der Waals surface area contributed by atoms with Gasteiger partial charge in [0, 0.05) is 11.5 Å². The van der Waals surface area contributed by atoms with Gasteiger partial charge in [0.1, 0.15) is 22.8 Å². The van der Waals surface area contributed by atoms with Crippen molar-refractivity contribution in [3.8, 4) is 34.1 Å². The molecular formula is C30H32N2O10. The lowest BCUT2D eigenvalue weighted by Crippen LogP contribution is -2.65. The summed E-state index contributed by atoms with van der Waals surface area (Å²) >= 11 is 0. The van der Waals surface area contributed by atoms with E-state index in [9.17, 15) is 34.8 Å². The van der Waals surface area contributed by atoms with Crippen LogP contribution in [0.4, 0.5) is 0 Å². The fourth-order valence-corrected chi connectivity index (χ4v) is 6.75. The molecule has 12 nitrogen and oxygen atoms in total. The van der Waals surface area contributed by atoms with Crippen LogP contribution in [0.5, 0.6) is 23.0 Å². The minimum Gasteiger partial charge on any atom is -0.508 e. The largest absolute Gasteiger partial charge is 0.508 e. The van der Waals surface area contributed by atoms with E-state index < -0.39 is 58.0 Å². The molecule has 6 N–H and O–H groups in total. The number of primary amides is 1. The van der Waals surface area contributed by atoms with Crippen LogP contribution < -0.4 is 19.9 Å². The molecule has 12 heteroatoms. The predicted molar refractivity (Wildman–Crippen MR) is 149 cm³/mol. The van der Waals surface area contributed by atoms with Gasteiger partial charge >= 0.3 is 0 Å². The number of ketones is 2. The van der Waals surface area contributed by atoms with E-state index in [1.807, 2.05) is 0 Å². The molecule has 0 bridgehead atoms. The molecule has 4 unspecified atom stereocenters. The Morgan fingerprint density at radius 3 is 2.17 bits per heavy atom. The van der Waals surface area contributed by atoms with Crippen LogP contribution in [-0.4, -0.2) is 89.9 Å². The summed E-state index contributed by atoms with van der Waals surface area (Å²) in [6.45, 7) is 0. The van der Waals surface area contributed by atoms with Gasteiger partial charge in [-0.3, -0.25) is 19.3 Å². The molecule has 2 aromatic carbocycles. The number of phenolic OH excluding ortho intramolecular Hbond substituents is 1. The molecule has 1 saturated carbocycles. The molecular weight excluding hydrogens is 548 g/mol. The van der Waals surface area contributed by atoms with Crippen molar-refractivity contribution < 1.29 is 49.0 Å². The molecule has 0 spiro atoms. The van der Waals surface area contributed by atoms with Gasteiger partial charge in [0.05, 0.1) is 32.9 Å². The van der Waals surface area contributed by atoms with Gasteiger partial charge in [-0.05, 0) is 67.7 Å². The van der Waals surface area contributed by atoms with Crippen LogP contribution in [0.25, 0.3) is 16.9 Å². The predicted octanol–water partition coefficient (Wildman–Crippen LogP) is 1.66. The maximum absolute atomic E-state index is 14.0. The Balaban J connectivity index is 1.74. The Morgan fingerprint density at radius 2 is 1.64 bits per heavy atom. The van der Waals surface area contributed by atoms with Gasteiger partial charge in [-0.15, -0.1) is 0 Å². The highest BCUT2D eigenvalue weighted by molar-refractivity contribution is 6.24. The van der Waals surface area contributed by atoms with Gasteiger partial charge < -0.3 is 40.4 Å². The zero-order valence-electron chi connectivity index (χ0n) is 23.7. The number of carbonyl (C=O) groups is 3. The van der Waals surface area contributed by atoms with E-state index in [0.29, 0.717) is 33.9 Å². The van der Waals surface area contributed by atoms with Crippen molar-refractivity contribution in [3.05, 3.63) is 52.3 Å². The number of aliphatic hydroxyl groups excluding tert-OH is 2. The Morgan fingerprint density at radius 1 is 1.02 bits per heavy atom. The third-order valence-corrected chi connectivity index (χ3v) is 8.58. The molecule has 2 aromatic rings. The first-order valence-electron chi connectivity index (χ1n) is 13.1. The summed E-state index contributed by atoms with van der Waals surface area (Å²) < 4.78 is 16.4. The fourth-order valence-electron chi connectivity index (χ4n) is 6.75. The summed E-state index contributed by atoms with van der Waals surface area (Å²) in [5.74, 6) is -5.93. The zero-order chi connectivity index (χ0) is 30.8. The molecule has 0 radical (unpaired) electrons. The normalized spacial score (nSPS) is 25.2. The van der Waals surface area contributed by atoms with Crippen LogP contribution in [-0.2, 0) is 20.8 Å². The van der Waals surface area contributed by atoms with E-state index in [0.717, 1.165) is 0 Å². The topological polar surface area (TPSA) is 189 Å². The van der Waals surface area contributed by atoms with Crippen molar-refractivity contribution in [2.45, 2.75) is 24.5 Å². The lowest BCUT2D eigenvalue weighted by molar-refractivity contribution is -0.153. The van der Waals surface area contributed by atoms with Crippen LogP contribution in [0.3, 0.4) is 0 Å². The van der Waals surface area contributed by atoms with Crippen molar-refractivity contribution in [1.29, 1.82) is 0 Å². The molecule has 1 fully saturated rings. The number of hydrogen-bond acceptors (Lipinski definition) is 11. The maximum atomic E-state index is 14.0. The van der Waals surface area contributed by atoms with Gasteiger partial charge in [0.2, 0.25) is 11.5 Å². The van der Waals surface area contributed by atoms with Gasteiger partial charge in [0.25, 0.3) is 5.91 Å². The van der Waals surface area contributed by atoms with E-state index in [2.05, 4.69) is 0 Å². The van der Waals surface area contributed by atoms with Crippen LogP contribution in [0.15, 0.2) is 41.2 Å². The lowest BCUT2D eigenvalue weighted by atomic mass is 9.57. The van der Waals surface area contributed by atoms with Crippen molar-refractivity contribution >= 4 is 23.2 Å². The number of aromatic hydroxyl groups is 1. The quantitative estimate of drug-likeness (QED) is 0.313. The number of nitrogens with zero attached hydrogens (tertiary/aromatic N) is 1. The third kappa shape index (κ3) is 3.86. The van der Waals surface area contributed by atoms with E-state index in [4.69, 9.17) is 19.9 Å². The number of nitrogens with two attached hydrogens (primary N) is 1. The average molecular weight is 581 g/mol. The monoisotopic (exact) mass is 580 g/mol. The average Bonchev–Trinajstić information content (AvgIpc) is 2.93. The summed E-state index contributed by atoms with van der Waals surface area (Å²) in [5.41, 5.74) is 3.30. The first kappa shape index (κ1) is 29.0. The number of likely N-dealkylation sites (N-methyl/N-ethyl adjacent to an activating group) is 1. The number of hydrogen-bond donors (Lipinski definition) is 5. The number of amides is 1. The first-order chi connectivity index (χ1) is 19.8. The number of ether oxygens (including phenoxy) is 3. The number of fused-ring (bicyclic) bond motifs is 3. The number of rotatable bonds is 6. The van der Waals surface area contributed by atoms with Crippen LogP contribution >= 0.6 is 0 Å². The second-order valence-corrected chi connectivity index (χ2v) is 10.9. The van der Waals surface area contributed by atoms with Gasteiger partial charge in [0.15, 0.2) is 22.9 Å². The van der Waals surface area contributed by atoms with Gasteiger partial charge in [-0.25, -0.2) is 0 Å². The molecule has 3 aliphatic carbocycles. The number of benzene rings is 2. The van der Waals surface area contributed by atoms with Crippen molar-refractivity contribution in [2.75, 3.05) is 35.4 Å². The second kappa shape index (κ2) is 10.1. The number of Topliss-reactive ketones (excluding diaryl/α,β-unsaturated/α-hetero) is 2. The third-order valence-electron chi connectivity index (χ3n) is 8.58. The number of phenols is 1. The van der Waals surface area contributed by atoms with E-state index in [1.54, 1.807) is 32.3 Å². The summed E-state index contributed by atoms with van der Waals surface area (Å²) in [6.07, 6.45) is 0.116. The molecule has 0 heterocycles. The second-order valence-electron chi connectivity index (χ2n) is 10.9. The van der Waals surface area contributed by atoms with E-state index in [1.165, 1.54) is 32.3 Å². The summed E-state index contributed by atoms with van der Waals surface area (Å²) in [5, 5.41) is 45.1. The molecule has 0 aromatic heterocycles. The molecule has 42 heavy (non-hydrogen) atoms. The molecule has 3 aliphatic rings. The van der Waals surface area contributed by atoms with Crippen molar-refractivity contribution in [2.24, 2.45) is 17.6 Å². The first-order valence-corrected chi connectivity index (χ1v) is 13.1. The standard InChI is InChI=1S/C30H32N2O10/c1-32(2)23-16-9-13-8-15-14(12-10-18(40-3)26(42-5)19(11-12)41-4)6-7-17(33)21(15)24(34)20(13)27(36)30(16,39)28(37)22(25(23)35)29(31)38/h6-7,10-11,13,16,23,33-34,37,39H,8-9H2,1-5H3,(H2,31,38). The highest BCUT2D eigenvalue weighted by Gasteiger charge is 2.64. The fraction of sp³-hybridized carbons (Fsp3) is 0.367. The van der Waals surface area contributed by atoms with Gasteiger partial charge in [-0.1, -0.05) is 6.07 Å². The van der Waals surface area contributed by atoms with Crippen molar-refractivity contribution in [3.63, 3.8) is 0 Å². The minimum atomic E-state index is -2.70. The molecule has 0 saturated heterocycles. The number of carbonyl (C=O) groups excluding carboxylic acids is 3. The summed E-state index contributed by atoms with van der Waals surface area (Å²) in [7, 11) is 7.53. The highest BCUT2D eigenvalue weighted by atomic mass is 16.5. The Kier molecular flexibility index (Phi) is 6.94. The Bertz CT molecular complexity index is 1580. The number of methoxy groups -OCH3 is 3. The molecule has 4 atom stereocenters. The Hall–Kier alpha value is -4.55. The molecule has 5 rings (SSSR count). The van der Waals surface area contributed by atoms with Crippen LogP contribution in [0, 0.1) is 11.8 Å². The van der Waals surface area contributed by atoms with Crippen molar-refractivity contribution in [1.82, 2.24) is 4.90 Å². The van der Waals surface area contributed by atoms with E-state index in [-0.39, 0.29) is 29.7 Å². The van der Waals surface area contributed by atoms with E-state index >= 15 is 0 Å². The lowest BCUT2D eigenvalue weighted by Gasteiger charge is -2.50. The summed E-state index contributed by atoms with van der Waals surface area (Å²) in [4.78, 5) is 40.9. The highest BCUT2D eigenvalue weighted by Crippen LogP contribution is 2.54. The number of aliphatic hydroxyl groups is 3. The van der Waals surface area contributed by atoms with Crippen LogP contribution in [0.2, 0.25) is 0 Å². The minimum absolute atomic E-state index is 0.0162.